The lowest BCUT2D eigenvalue weighted by atomic mass is 9.94. The van der Waals surface area contributed by atoms with Gasteiger partial charge < -0.3 is 11.1 Å². The summed E-state index contributed by atoms with van der Waals surface area (Å²) < 4.78 is 28.5. The number of amides is 2. The fourth-order valence-corrected chi connectivity index (χ4v) is 6.38. The average Bonchev–Trinajstić information content (AvgIpc) is 3.35. The Balaban J connectivity index is 0.00000400. The maximum Gasteiger partial charge on any atom is 0.252 e. The van der Waals surface area contributed by atoms with E-state index in [1.54, 1.807) is 36.4 Å². The number of primary amides is 1. The Labute approximate surface area is 231 Å². The number of halogens is 1. The lowest BCUT2D eigenvalue weighted by molar-refractivity contribution is -0.119. The molecule has 0 radical (unpaired) electrons. The van der Waals surface area contributed by atoms with Gasteiger partial charge in [0.05, 0.1) is 4.34 Å². The molecule has 4 N–H and O–H groups in total. The maximum atomic E-state index is 13.3. The molecule has 0 aliphatic heterocycles. The molecule has 38 heavy (non-hydrogen) atoms. The number of carbonyl (C=O) groups is 2. The molecule has 198 valence electrons. The molecule has 0 aliphatic rings. The zero-order chi connectivity index (χ0) is 26.4. The summed E-state index contributed by atoms with van der Waals surface area (Å²) in [5.41, 5.74) is 8.73. The average molecular weight is 570 g/mol. The van der Waals surface area contributed by atoms with Gasteiger partial charge >= 0.3 is 0 Å². The SMILES string of the molecule is C.NC(=O)[C@H](Cc1ccccc1)NC(=O)c1ccccc1-c1ccccc1CNS(=O)(=O)c1ccc(Cl)s1. The molecule has 7 nitrogen and oxygen atoms in total. The molecule has 0 saturated heterocycles. The maximum absolute atomic E-state index is 13.3. The molecule has 0 bridgehead atoms. The first-order chi connectivity index (χ1) is 17.7. The molecule has 0 saturated carbocycles. The van der Waals surface area contributed by atoms with Crippen LogP contribution in [0, 0.1) is 0 Å². The zero-order valence-electron chi connectivity index (χ0n) is 19.6. The fraction of sp³-hybridized carbons (Fsp3) is 0.143. The minimum absolute atomic E-state index is 0. The van der Waals surface area contributed by atoms with Crippen LogP contribution in [0.2, 0.25) is 4.34 Å². The van der Waals surface area contributed by atoms with Gasteiger partial charge in [0.2, 0.25) is 15.9 Å². The van der Waals surface area contributed by atoms with E-state index < -0.39 is 27.9 Å². The molecule has 1 aromatic heterocycles. The van der Waals surface area contributed by atoms with E-state index in [0.717, 1.165) is 16.9 Å². The van der Waals surface area contributed by atoms with Crippen LogP contribution in [0.4, 0.5) is 0 Å². The predicted octanol–water partition coefficient (Wildman–Crippen LogP) is 5.01. The Morgan fingerprint density at radius 2 is 1.50 bits per heavy atom. The highest BCUT2D eigenvalue weighted by Crippen LogP contribution is 2.29. The van der Waals surface area contributed by atoms with Gasteiger partial charge in [-0.2, -0.15) is 0 Å². The van der Waals surface area contributed by atoms with Gasteiger partial charge in [0.15, 0.2) is 0 Å². The Morgan fingerprint density at radius 1 is 0.868 bits per heavy atom. The van der Waals surface area contributed by atoms with E-state index in [2.05, 4.69) is 10.0 Å². The zero-order valence-corrected chi connectivity index (χ0v) is 21.9. The Hall–Kier alpha value is -3.50. The summed E-state index contributed by atoms with van der Waals surface area (Å²) in [6.45, 7) is 0.00188. The van der Waals surface area contributed by atoms with Crippen molar-refractivity contribution in [1.29, 1.82) is 0 Å². The van der Waals surface area contributed by atoms with Gasteiger partial charge in [-0.05, 0) is 40.5 Å². The molecule has 2 amide bonds. The normalized spacial score (nSPS) is 11.8. The monoisotopic (exact) mass is 569 g/mol. The van der Waals surface area contributed by atoms with Gasteiger partial charge in [-0.25, -0.2) is 13.1 Å². The highest BCUT2D eigenvalue weighted by molar-refractivity contribution is 7.91. The van der Waals surface area contributed by atoms with Crippen LogP contribution in [0.25, 0.3) is 11.1 Å². The second kappa shape index (κ2) is 12.8. The number of carbonyl (C=O) groups excluding carboxylic acids is 2. The minimum Gasteiger partial charge on any atom is -0.368 e. The highest BCUT2D eigenvalue weighted by Gasteiger charge is 2.23. The molecule has 3 aromatic carbocycles. The van der Waals surface area contributed by atoms with E-state index in [9.17, 15) is 18.0 Å². The molecule has 4 aromatic rings. The van der Waals surface area contributed by atoms with Gasteiger partial charge in [0.1, 0.15) is 10.3 Å². The van der Waals surface area contributed by atoms with Crippen molar-refractivity contribution < 1.29 is 18.0 Å². The number of hydrogen-bond donors (Lipinski definition) is 3. The van der Waals surface area contributed by atoms with Gasteiger partial charge in [-0.15, -0.1) is 11.3 Å². The first-order valence-electron chi connectivity index (χ1n) is 11.3. The highest BCUT2D eigenvalue weighted by atomic mass is 35.5. The minimum atomic E-state index is -3.76. The third-order valence-corrected chi connectivity index (χ3v) is 8.80. The third-order valence-electron chi connectivity index (χ3n) is 5.68. The molecule has 0 aliphatic carbocycles. The summed E-state index contributed by atoms with van der Waals surface area (Å²) in [5.74, 6) is -1.10. The summed E-state index contributed by atoms with van der Waals surface area (Å²) in [7, 11) is -3.76. The van der Waals surface area contributed by atoms with Crippen LogP contribution in [0.5, 0.6) is 0 Å². The molecule has 0 unspecified atom stereocenters. The molecule has 0 fully saturated rings. The number of benzene rings is 3. The van der Waals surface area contributed by atoms with Gasteiger partial charge in [-0.3, -0.25) is 9.59 Å². The summed E-state index contributed by atoms with van der Waals surface area (Å²) in [5, 5.41) is 2.75. The molecule has 10 heteroatoms. The lowest BCUT2D eigenvalue weighted by Crippen LogP contribution is -2.46. The number of rotatable bonds is 10. The first kappa shape index (κ1) is 29.1. The van der Waals surface area contributed by atoms with Crippen molar-refractivity contribution in [3.63, 3.8) is 0 Å². The number of nitrogens with two attached hydrogens (primary N) is 1. The van der Waals surface area contributed by atoms with Crippen molar-refractivity contribution in [2.24, 2.45) is 5.73 Å². The lowest BCUT2D eigenvalue weighted by Gasteiger charge is -2.18. The molecular weight excluding hydrogens is 542 g/mol. The van der Waals surface area contributed by atoms with Crippen molar-refractivity contribution >= 4 is 44.8 Å². The number of hydrogen-bond acceptors (Lipinski definition) is 5. The van der Waals surface area contributed by atoms with Crippen LogP contribution in [0.1, 0.15) is 28.9 Å². The van der Waals surface area contributed by atoms with Crippen molar-refractivity contribution in [2.75, 3.05) is 0 Å². The van der Waals surface area contributed by atoms with Crippen molar-refractivity contribution in [1.82, 2.24) is 10.0 Å². The van der Waals surface area contributed by atoms with Crippen molar-refractivity contribution in [3.05, 3.63) is 112 Å². The van der Waals surface area contributed by atoms with E-state index in [4.69, 9.17) is 17.3 Å². The molecule has 4 rings (SSSR count). The summed E-state index contributed by atoms with van der Waals surface area (Å²) in [6.07, 6.45) is 0.259. The van der Waals surface area contributed by atoms with Crippen LogP contribution in [-0.2, 0) is 27.8 Å². The molecular formula is C28H28ClN3O4S2. The van der Waals surface area contributed by atoms with Gasteiger partial charge in [0, 0.05) is 18.5 Å². The van der Waals surface area contributed by atoms with Crippen LogP contribution >= 0.6 is 22.9 Å². The fourth-order valence-electron chi connectivity index (χ4n) is 3.85. The quantitative estimate of drug-likeness (QED) is 0.249. The Bertz CT molecular complexity index is 1520. The molecule has 1 atom stereocenters. The van der Waals surface area contributed by atoms with Crippen LogP contribution in [-0.4, -0.2) is 26.3 Å². The first-order valence-corrected chi connectivity index (χ1v) is 14.0. The largest absolute Gasteiger partial charge is 0.368 e. The number of nitrogens with one attached hydrogen (secondary N) is 2. The number of sulfonamides is 1. The van der Waals surface area contributed by atoms with E-state index in [1.807, 2.05) is 42.5 Å². The Morgan fingerprint density at radius 3 is 2.16 bits per heavy atom. The summed E-state index contributed by atoms with van der Waals surface area (Å²) >= 11 is 6.87. The second-order valence-electron chi connectivity index (χ2n) is 8.20. The topological polar surface area (TPSA) is 118 Å². The van der Waals surface area contributed by atoms with E-state index in [-0.39, 0.29) is 24.6 Å². The smallest absolute Gasteiger partial charge is 0.252 e. The third kappa shape index (κ3) is 7.08. The standard InChI is InChI=1S/C27H24ClN3O4S2.CH4/c28-24-14-15-25(36-24)37(34,35)30-17-19-10-4-5-11-20(19)21-12-6-7-13-22(21)27(33)31-23(26(29)32)16-18-8-2-1-3-9-18;/h1-15,23,30H,16-17H2,(H2,29,32)(H,31,33);1H4/t23-;/m0./s1. The van der Waals surface area contributed by atoms with Gasteiger partial charge in [0.25, 0.3) is 5.91 Å². The van der Waals surface area contributed by atoms with Crippen molar-refractivity contribution in [2.45, 2.75) is 30.6 Å². The van der Waals surface area contributed by atoms with E-state index >= 15 is 0 Å². The van der Waals surface area contributed by atoms with Crippen LogP contribution in [0.15, 0.2) is 95.2 Å². The van der Waals surface area contributed by atoms with Crippen LogP contribution in [0.3, 0.4) is 0 Å². The molecule has 0 spiro atoms. The van der Waals surface area contributed by atoms with Crippen LogP contribution < -0.4 is 15.8 Å². The molecule has 1 heterocycles. The van der Waals surface area contributed by atoms with E-state index in [1.165, 1.54) is 12.1 Å². The Kier molecular flexibility index (Phi) is 9.82. The van der Waals surface area contributed by atoms with E-state index in [0.29, 0.717) is 26.6 Å². The summed E-state index contributed by atoms with van der Waals surface area (Å²) in [6, 6.07) is 25.5. The predicted molar refractivity (Wildman–Crippen MR) is 153 cm³/mol. The summed E-state index contributed by atoms with van der Waals surface area (Å²) in [4.78, 5) is 25.4. The second-order valence-corrected chi connectivity index (χ2v) is 11.9. The number of thiophene rings is 1. The van der Waals surface area contributed by atoms with Gasteiger partial charge in [-0.1, -0.05) is 91.8 Å². The van der Waals surface area contributed by atoms with Crippen molar-refractivity contribution in [3.8, 4) is 11.1 Å².